The van der Waals surface area contributed by atoms with Crippen molar-refractivity contribution in [3.05, 3.63) is 0 Å². The third-order valence-corrected chi connectivity index (χ3v) is 4.12. The molecule has 0 radical (unpaired) electrons. The van der Waals surface area contributed by atoms with Gasteiger partial charge in [-0.15, -0.1) is 0 Å². The Kier molecular flexibility index (Phi) is 9.46. The van der Waals surface area contributed by atoms with Gasteiger partial charge in [0.25, 0.3) is 0 Å². The summed E-state index contributed by atoms with van der Waals surface area (Å²) in [6.07, 6.45) is 2.34. The number of hydrogen-bond donors (Lipinski definition) is 2. The van der Waals surface area contributed by atoms with Crippen LogP contribution in [0.5, 0.6) is 0 Å². The van der Waals surface area contributed by atoms with Crippen LogP contribution < -0.4 is 10.6 Å². The van der Waals surface area contributed by atoms with Crippen LogP contribution in [0, 0.1) is 0 Å². The molecule has 0 amide bonds. The molecule has 1 aliphatic heterocycles. The van der Waals surface area contributed by atoms with Crippen molar-refractivity contribution < 1.29 is 22.6 Å². The molecule has 8 nitrogen and oxygen atoms in total. The molecule has 1 heterocycles. The van der Waals surface area contributed by atoms with Crippen molar-refractivity contribution in [3.8, 4) is 0 Å². The number of nitrogens with one attached hydrogen (secondary N) is 2. The highest BCUT2D eigenvalue weighted by Crippen LogP contribution is 2.08. The number of rotatable bonds is 10. The standard InChI is InChI=1S/C14H29N3O5S/c1-12(10-22-13-4-6-21-11-13)17-14(15-2)16-5-7-20-8-9-23(3,18)19/h12-13H,4-11H2,1-3H3,(H2,15,16,17). The van der Waals surface area contributed by atoms with E-state index in [1.807, 2.05) is 6.92 Å². The lowest BCUT2D eigenvalue weighted by Crippen LogP contribution is -2.45. The SMILES string of the molecule is CN=C(NCCOCCS(C)(=O)=O)NC(C)COC1CCOC1. The molecule has 9 heteroatoms. The molecule has 2 unspecified atom stereocenters. The smallest absolute Gasteiger partial charge is 0.191 e. The Morgan fingerprint density at radius 2 is 2.22 bits per heavy atom. The number of aliphatic imine (C=N–C) groups is 1. The summed E-state index contributed by atoms with van der Waals surface area (Å²) in [6.45, 7) is 5.22. The maximum atomic E-state index is 11.0. The van der Waals surface area contributed by atoms with Crippen LogP contribution in [-0.4, -0.2) is 85.2 Å². The van der Waals surface area contributed by atoms with Crippen molar-refractivity contribution in [1.82, 2.24) is 10.6 Å². The third-order valence-electron chi connectivity index (χ3n) is 3.21. The quantitative estimate of drug-likeness (QED) is 0.308. The maximum absolute atomic E-state index is 11.0. The van der Waals surface area contributed by atoms with Crippen LogP contribution in [0.3, 0.4) is 0 Å². The van der Waals surface area contributed by atoms with Crippen LogP contribution >= 0.6 is 0 Å². The lowest BCUT2D eigenvalue weighted by atomic mass is 10.3. The predicted octanol–water partition coefficient (Wildman–Crippen LogP) is -0.593. The molecular weight excluding hydrogens is 322 g/mol. The molecule has 1 saturated heterocycles. The molecule has 0 aliphatic carbocycles. The van der Waals surface area contributed by atoms with Gasteiger partial charge in [0.15, 0.2) is 5.96 Å². The van der Waals surface area contributed by atoms with Gasteiger partial charge in [-0.1, -0.05) is 0 Å². The molecule has 1 fully saturated rings. The average Bonchev–Trinajstić information content (AvgIpc) is 2.99. The molecule has 0 aromatic heterocycles. The lowest BCUT2D eigenvalue weighted by molar-refractivity contribution is 0.0347. The normalized spacial score (nSPS) is 20.5. The lowest BCUT2D eigenvalue weighted by Gasteiger charge is -2.19. The molecule has 0 bridgehead atoms. The summed E-state index contributed by atoms with van der Waals surface area (Å²) in [6, 6.07) is 0.118. The molecule has 0 aromatic carbocycles. The summed E-state index contributed by atoms with van der Waals surface area (Å²) < 4.78 is 38.2. The second-order valence-corrected chi connectivity index (χ2v) is 7.87. The fourth-order valence-corrected chi connectivity index (χ4v) is 2.37. The minimum absolute atomic E-state index is 0.0409. The first-order chi connectivity index (χ1) is 10.9. The van der Waals surface area contributed by atoms with Crippen molar-refractivity contribution in [3.63, 3.8) is 0 Å². The highest BCUT2D eigenvalue weighted by Gasteiger charge is 2.17. The Hall–Kier alpha value is -0.900. The minimum atomic E-state index is -2.97. The summed E-state index contributed by atoms with van der Waals surface area (Å²) in [4.78, 5) is 4.13. The number of guanidine groups is 1. The zero-order valence-corrected chi connectivity index (χ0v) is 15.0. The fourth-order valence-electron chi connectivity index (χ4n) is 1.95. The van der Waals surface area contributed by atoms with Gasteiger partial charge in [-0.05, 0) is 13.3 Å². The number of nitrogens with zero attached hydrogens (tertiary/aromatic N) is 1. The first-order valence-electron chi connectivity index (χ1n) is 7.82. The van der Waals surface area contributed by atoms with Gasteiger partial charge in [-0.3, -0.25) is 4.99 Å². The summed E-state index contributed by atoms with van der Waals surface area (Å²) in [5.74, 6) is 0.703. The monoisotopic (exact) mass is 351 g/mol. The van der Waals surface area contributed by atoms with Crippen molar-refractivity contribution in [2.45, 2.75) is 25.5 Å². The van der Waals surface area contributed by atoms with E-state index in [2.05, 4.69) is 15.6 Å². The first kappa shape index (κ1) is 20.1. The van der Waals surface area contributed by atoms with Crippen molar-refractivity contribution >= 4 is 15.8 Å². The Labute approximate surface area is 138 Å². The molecule has 0 aromatic rings. The molecule has 136 valence electrons. The van der Waals surface area contributed by atoms with E-state index < -0.39 is 9.84 Å². The second-order valence-electron chi connectivity index (χ2n) is 5.61. The van der Waals surface area contributed by atoms with Gasteiger partial charge in [-0.25, -0.2) is 8.42 Å². The number of ether oxygens (including phenoxy) is 3. The summed E-state index contributed by atoms with van der Waals surface area (Å²) in [7, 11) is -1.27. The van der Waals surface area contributed by atoms with Gasteiger partial charge in [0.2, 0.25) is 0 Å². The summed E-state index contributed by atoms with van der Waals surface area (Å²) >= 11 is 0. The Morgan fingerprint density at radius 1 is 1.43 bits per heavy atom. The van der Waals surface area contributed by atoms with Crippen molar-refractivity contribution in [2.75, 3.05) is 58.6 Å². The topological polar surface area (TPSA) is 98.3 Å². The zero-order valence-electron chi connectivity index (χ0n) is 14.2. The third kappa shape index (κ3) is 10.5. The van der Waals surface area contributed by atoms with Crippen molar-refractivity contribution in [1.29, 1.82) is 0 Å². The Morgan fingerprint density at radius 3 is 2.83 bits per heavy atom. The van der Waals surface area contributed by atoms with E-state index in [-0.39, 0.29) is 24.5 Å². The van der Waals surface area contributed by atoms with E-state index in [1.54, 1.807) is 7.05 Å². The van der Waals surface area contributed by atoms with Gasteiger partial charge in [-0.2, -0.15) is 0 Å². The van der Waals surface area contributed by atoms with Gasteiger partial charge in [0.05, 0.1) is 38.3 Å². The van der Waals surface area contributed by atoms with E-state index in [4.69, 9.17) is 14.2 Å². The second kappa shape index (κ2) is 10.8. The summed E-state index contributed by atoms with van der Waals surface area (Å²) in [5, 5.41) is 6.34. The number of sulfone groups is 1. The van der Waals surface area contributed by atoms with Gasteiger partial charge < -0.3 is 24.8 Å². The Balaban J connectivity index is 2.08. The van der Waals surface area contributed by atoms with Crippen LogP contribution in [0.2, 0.25) is 0 Å². The molecular formula is C14H29N3O5S. The van der Waals surface area contributed by atoms with Gasteiger partial charge >= 0.3 is 0 Å². The van der Waals surface area contributed by atoms with E-state index in [9.17, 15) is 8.42 Å². The highest BCUT2D eigenvalue weighted by molar-refractivity contribution is 7.90. The van der Waals surface area contributed by atoms with E-state index in [1.165, 1.54) is 6.26 Å². The van der Waals surface area contributed by atoms with Crippen LogP contribution in [0.1, 0.15) is 13.3 Å². The number of hydrogen-bond acceptors (Lipinski definition) is 6. The molecule has 0 spiro atoms. The average molecular weight is 351 g/mol. The van der Waals surface area contributed by atoms with Crippen LogP contribution in [-0.2, 0) is 24.0 Å². The van der Waals surface area contributed by atoms with Gasteiger partial charge in [0, 0.05) is 32.5 Å². The van der Waals surface area contributed by atoms with E-state index in [0.29, 0.717) is 32.3 Å². The minimum Gasteiger partial charge on any atom is -0.379 e. The van der Waals surface area contributed by atoms with Gasteiger partial charge in [0.1, 0.15) is 9.84 Å². The Bertz CT molecular complexity index is 449. The maximum Gasteiger partial charge on any atom is 0.191 e. The zero-order chi connectivity index (χ0) is 17.1. The van der Waals surface area contributed by atoms with Crippen LogP contribution in [0.15, 0.2) is 4.99 Å². The predicted molar refractivity (Wildman–Crippen MR) is 89.7 cm³/mol. The molecule has 2 atom stereocenters. The van der Waals surface area contributed by atoms with Crippen molar-refractivity contribution in [2.24, 2.45) is 4.99 Å². The van der Waals surface area contributed by atoms with Crippen LogP contribution in [0.4, 0.5) is 0 Å². The first-order valence-corrected chi connectivity index (χ1v) is 9.88. The molecule has 1 rings (SSSR count). The van der Waals surface area contributed by atoms with E-state index in [0.717, 1.165) is 13.0 Å². The fraction of sp³-hybridized carbons (Fsp3) is 0.929. The molecule has 1 aliphatic rings. The summed E-state index contributed by atoms with van der Waals surface area (Å²) in [5.41, 5.74) is 0. The molecule has 2 N–H and O–H groups in total. The van der Waals surface area contributed by atoms with Crippen LogP contribution in [0.25, 0.3) is 0 Å². The highest BCUT2D eigenvalue weighted by atomic mass is 32.2. The largest absolute Gasteiger partial charge is 0.379 e. The van der Waals surface area contributed by atoms with E-state index >= 15 is 0 Å². The molecule has 23 heavy (non-hydrogen) atoms. The molecule has 0 saturated carbocycles.